The number of carbonyl (C=O) groups excluding carboxylic acids is 1. The molecule has 0 saturated heterocycles. The van der Waals surface area contributed by atoms with Crippen LogP contribution in [0, 0.1) is 0 Å². The molecule has 0 aromatic heterocycles. The lowest BCUT2D eigenvalue weighted by Crippen LogP contribution is -2.37. The van der Waals surface area contributed by atoms with Crippen LogP contribution in [0.1, 0.15) is 21.5 Å². The predicted molar refractivity (Wildman–Crippen MR) is 95.3 cm³/mol. The number of fused-ring (bicyclic) bond motifs is 2. The van der Waals surface area contributed by atoms with Crippen molar-refractivity contribution in [3.8, 4) is 11.5 Å². The number of nitrogens with one attached hydrogen (secondary N) is 1. The highest BCUT2D eigenvalue weighted by atomic mass is 35.5. The minimum Gasteiger partial charge on any atom is -0.454 e. The second kappa shape index (κ2) is 6.94. The van der Waals surface area contributed by atoms with E-state index in [2.05, 4.69) is 34.5 Å². The number of carbonyl (C=O) groups is 1. The topological polar surface area (TPSA) is 50.8 Å². The maximum atomic E-state index is 12.4. The molecule has 0 bridgehead atoms. The molecule has 0 fully saturated rings. The van der Waals surface area contributed by atoms with E-state index >= 15 is 0 Å². The first-order valence-corrected chi connectivity index (χ1v) is 8.75. The zero-order valence-electron chi connectivity index (χ0n) is 13.8. The highest BCUT2D eigenvalue weighted by molar-refractivity contribution is 6.32. The summed E-state index contributed by atoms with van der Waals surface area (Å²) in [4.78, 5) is 14.7. The van der Waals surface area contributed by atoms with Gasteiger partial charge in [0.15, 0.2) is 11.5 Å². The summed E-state index contributed by atoms with van der Waals surface area (Å²) in [7, 11) is 0. The van der Waals surface area contributed by atoms with Crippen molar-refractivity contribution in [2.45, 2.75) is 13.0 Å². The van der Waals surface area contributed by atoms with Crippen molar-refractivity contribution in [3.05, 3.63) is 58.1 Å². The zero-order chi connectivity index (χ0) is 17.2. The second-order valence-electron chi connectivity index (χ2n) is 6.24. The SMILES string of the molecule is O=C(NCCN1CCc2ccccc2C1)c1cc(Cl)c2c(c1)OCO2. The highest BCUT2D eigenvalue weighted by Gasteiger charge is 2.21. The summed E-state index contributed by atoms with van der Waals surface area (Å²) >= 11 is 6.13. The summed E-state index contributed by atoms with van der Waals surface area (Å²) < 4.78 is 10.6. The van der Waals surface area contributed by atoms with Crippen LogP contribution >= 0.6 is 11.6 Å². The average molecular weight is 359 g/mol. The fourth-order valence-corrected chi connectivity index (χ4v) is 3.54. The summed E-state index contributed by atoms with van der Waals surface area (Å²) in [5.41, 5.74) is 3.29. The van der Waals surface area contributed by atoms with Gasteiger partial charge in [-0.15, -0.1) is 0 Å². The van der Waals surface area contributed by atoms with Gasteiger partial charge < -0.3 is 14.8 Å². The predicted octanol–water partition coefficient (Wildman–Crippen LogP) is 2.86. The van der Waals surface area contributed by atoms with E-state index in [-0.39, 0.29) is 12.7 Å². The quantitative estimate of drug-likeness (QED) is 0.913. The molecular formula is C19H19ClN2O3. The van der Waals surface area contributed by atoms with Gasteiger partial charge in [0.2, 0.25) is 6.79 Å². The third-order valence-corrected chi connectivity index (χ3v) is 4.89. The Morgan fingerprint density at radius 2 is 2.04 bits per heavy atom. The van der Waals surface area contributed by atoms with Gasteiger partial charge in [-0.2, -0.15) is 0 Å². The number of rotatable bonds is 4. The molecule has 2 aromatic carbocycles. The van der Waals surface area contributed by atoms with Gasteiger partial charge in [-0.3, -0.25) is 9.69 Å². The van der Waals surface area contributed by atoms with Crippen LogP contribution in [0.5, 0.6) is 11.5 Å². The van der Waals surface area contributed by atoms with Crippen LogP contribution in [-0.2, 0) is 13.0 Å². The third kappa shape index (κ3) is 3.43. The van der Waals surface area contributed by atoms with Crippen LogP contribution in [0.25, 0.3) is 0 Å². The lowest BCUT2D eigenvalue weighted by Gasteiger charge is -2.28. The van der Waals surface area contributed by atoms with Crippen molar-refractivity contribution < 1.29 is 14.3 Å². The maximum absolute atomic E-state index is 12.4. The monoisotopic (exact) mass is 358 g/mol. The molecule has 0 atom stereocenters. The normalized spacial score (nSPS) is 15.7. The van der Waals surface area contributed by atoms with Crippen molar-refractivity contribution in [2.75, 3.05) is 26.4 Å². The first kappa shape index (κ1) is 16.2. The van der Waals surface area contributed by atoms with E-state index in [1.54, 1.807) is 12.1 Å². The Hall–Kier alpha value is -2.24. The van der Waals surface area contributed by atoms with Crippen LogP contribution in [-0.4, -0.2) is 37.2 Å². The molecule has 1 N–H and O–H groups in total. The van der Waals surface area contributed by atoms with Crippen molar-refractivity contribution in [3.63, 3.8) is 0 Å². The molecular weight excluding hydrogens is 340 g/mol. The van der Waals surface area contributed by atoms with E-state index in [0.717, 1.165) is 26.1 Å². The van der Waals surface area contributed by atoms with E-state index < -0.39 is 0 Å². The molecule has 2 aliphatic heterocycles. The standard InChI is InChI=1S/C19H19ClN2O3/c20-16-9-15(10-17-18(16)25-12-24-17)19(23)21-6-8-22-7-5-13-3-1-2-4-14(13)11-22/h1-4,9-10H,5-8,11-12H2,(H,21,23). The lowest BCUT2D eigenvalue weighted by molar-refractivity contribution is 0.0947. The van der Waals surface area contributed by atoms with Crippen molar-refractivity contribution >= 4 is 17.5 Å². The molecule has 2 aliphatic rings. The third-order valence-electron chi connectivity index (χ3n) is 4.61. The Bertz CT molecular complexity index is 809. The summed E-state index contributed by atoms with van der Waals surface area (Å²) in [5.74, 6) is 0.869. The minimum absolute atomic E-state index is 0.135. The largest absolute Gasteiger partial charge is 0.454 e. The van der Waals surface area contributed by atoms with Gasteiger partial charge in [-0.25, -0.2) is 0 Å². The van der Waals surface area contributed by atoms with Crippen molar-refractivity contribution in [2.24, 2.45) is 0 Å². The van der Waals surface area contributed by atoms with Gasteiger partial charge in [0.1, 0.15) is 0 Å². The fourth-order valence-electron chi connectivity index (χ4n) is 3.27. The Balaban J connectivity index is 1.32. The molecule has 25 heavy (non-hydrogen) atoms. The van der Waals surface area contributed by atoms with Crippen molar-refractivity contribution in [1.29, 1.82) is 0 Å². The molecule has 4 rings (SSSR count). The van der Waals surface area contributed by atoms with Crippen LogP contribution < -0.4 is 14.8 Å². The zero-order valence-corrected chi connectivity index (χ0v) is 14.5. The molecule has 1 amide bonds. The molecule has 0 unspecified atom stereocenters. The highest BCUT2D eigenvalue weighted by Crippen LogP contribution is 2.39. The molecule has 0 radical (unpaired) electrons. The molecule has 6 heteroatoms. The number of nitrogens with zero attached hydrogens (tertiary/aromatic N) is 1. The number of benzene rings is 2. The number of hydrogen-bond donors (Lipinski definition) is 1. The molecule has 0 aliphatic carbocycles. The molecule has 130 valence electrons. The Kier molecular flexibility index (Phi) is 4.51. The summed E-state index contributed by atoms with van der Waals surface area (Å²) in [5, 5.41) is 3.35. The van der Waals surface area contributed by atoms with E-state index in [1.165, 1.54) is 11.1 Å². The maximum Gasteiger partial charge on any atom is 0.251 e. The number of amides is 1. The van der Waals surface area contributed by atoms with E-state index in [0.29, 0.717) is 28.6 Å². The van der Waals surface area contributed by atoms with Gasteiger partial charge in [0, 0.05) is 31.7 Å². The van der Waals surface area contributed by atoms with E-state index in [9.17, 15) is 4.79 Å². The Morgan fingerprint density at radius 1 is 1.20 bits per heavy atom. The van der Waals surface area contributed by atoms with E-state index in [1.807, 2.05) is 0 Å². The Labute approximate surface area is 151 Å². The second-order valence-corrected chi connectivity index (χ2v) is 6.65. The lowest BCUT2D eigenvalue weighted by atomic mass is 10.00. The summed E-state index contributed by atoms with van der Waals surface area (Å²) in [6.07, 6.45) is 1.06. The number of ether oxygens (including phenoxy) is 2. The van der Waals surface area contributed by atoms with Crippen LogP contribution in [0.2, 0.25) is 5.02 Å². The number of hydrogen-bond acceptors (Lipinski definition) is 4. The first-order chi connectivity index (χ1) is 12.2. The average Bonchev–Trinajstić information content (AvgIpc) is 3.11. The fraction of sp³-hybridized carbons (Fsp3) is 0.316. The molecule has 0 saturated carbocycles. The minimum atomic E-state index is -0.155. The Morgan fingerprint density at radius 3 is 2.92 bits per heavy atom. The van der Waals surface area contributed by atoms with Crippen LogP contribution in [0.15, 0.2) is 36.4 Å². The molecule has 2 heterocycles. The van der Waals surface area contributed by atoms with E-state index in [4.69, 9.17) is 21.1 Å². The van der Waals surface area contributed by atoms with Gasteiger partial charge in [-0.1, -0.05) is 35.9 Å². The molecule has 5 nitrogen and oxygen atoms in total. The first-order valence-electron chi connectivity index (χ1n) is 8.37. The van der Waals surface area contributed by atoms with Crippen molar-refractivity contribution in [1.82, 2.24) is 10.2 Å². The van der Waals surface area contributed by atoms with Gasteiger partial charge in [0.25, 0.3) is 5.91 Å². The van der Waals surface area contributed by atoms with Gasteiger partial charge >= 0.3 is 0 Å². The summed E-state index contributed by atoms with van der Waals surface area (Å²) in [6.45, 7) is 3.49. The number of halogens is 1. The van der Waals surface area contributed by atoms with Crippen LogP contribution in [0.3, 0.4) is 0 Å². The smallest absolute Gasteiger partial charge is 0.251 e. The summed E-state index contributed by atoms with van der Waals surface area (Å²) in [6, 6.07) is 11.8. The van der Waals surface area contributed by atoms with Crippen LogP contribution in [0.4, 0.5) is 0 Å². The molecule has 2 aromatic rings. The molecule has 0 spiro atoms. The van der Waals surface area contributed by atoms with Gasteiger partial charge in [0.05, 0.1) is 5.02 Å². The van der Waals surface area contributed by atoms with Gasteiger partial charge in [-0.05, 0) is 29.7 Å².